The number of nitrogens with zero attached hydrogens (tertiary/aromatic N) is 2. The van der Waals surface area contributed by atoms with Gasteiger partial charge in [-0.1, -0.05) is 19.8 Å². The van der Waals surface area contributed by atoms with Gasteiger partial charge in [0, 0.05) is 31.5 Å². The molecule has 0 amide bonds. The molecule has 1 heterocycles. The van der Waals surface area contributed by atoms with Crippen LogP contribution in [0.15, 0.2) is 6.20 Å². The fourth-order valence-corrected chi connectivity index (χ4v) is 2.96. The fourth-order valence-electron chi connectivity index (χ4n) is 2.96. The van der Waals surface area contributed by atoms with Crippen molar-refractivity contribution >= 4 is 11.8 Å². The number of aryl methyl sites for hydroxylation is 1. The van der Waals surface area contributed by atoms with E-state index in [0.717, 1.165) is 37.3 Å². The Kier molecular flexibility index (Phi) is 6.23. The lowest BCUT2D eigenvalue weighted by molar-refractivity contribution is 0.141. The van der Waals surface area contributed by atoms with Gasteiger partial charge >= 0.3 is 0 Å². The topological polar surface area (TPSA) is 70.1 Å². The molecule has 0 bridgehead atoms. The van der Waals surface area contributed by atoms with E-state index in [0.29, 0.717) is 24.4 Å². The first-order valence-corrected chi connectivity index (χ1v) is 8.16. The molecule has 3 N–H and O–H groups in total. The van der Waals surface area contributed by atoms with Gasteiger partial charge in [-0.25, -0.2) is 4.98 Å². The normalized spacial score (nSPS) is 22.0. The van der Waals surface area contributed by atoms with Crippen molar-refractivity contribution in [2.45, 2.75) is 46.0 Å². The second kappa shape index (κ2) is 8.17. The highest BCUT2D eigenvalue weighted by atomic mass is 16.3. The number of aliphatic hydroxyl groups excluding tert-OH is 1. The van der Waals surface area contributed by atoms with Crippen LogP contribution in [0, 0.1) is 18.8 Å². The number of hydrogen-bond acceptors (Lipinski definition) is 5. The first-order valence-electron chi connectivity index (χ1n) is 8.16. The minimum atomic E-state index is 0.304. The van der Waals surface area contributed by atoms with E-state index in [9.17, 15) is 5.11 Å². The van der Waals surface area contributed by atoms with Crippen molar-refractivity contribution in [3.05, 3.63) is 11.8 Å². The van der Waals surface area contributed by atoms with Crippen molar-refractivity contribution in [3.8, 4) is 0 Å². The highest BCUT2D eigenvalue weighted by Crippen LogP contribution is 2.30. The molecule has 5 heteroatoms. The van der Waals surface area contributed by atoms with Crippen LogP contribution in [0.3, 0.4) is 0 Å². The zero-order valence-electron chi connectivity index (χ0n) is 13.2. The molecule has 2 unspecified atom stereocenters. The predicted molar refractivity (Wildman–Crippen MR) is 86.6 cm³/mol. The monoisotopic (exact) mass is 292 g/mol. The van der Waals surface area contributed by atoms with E-state index >= 15 is 0 Å². The molecule has 1 aromatic heterocycles. The van der Waals surface area contributed by atoms with Crippen LogP contribution in [0.1, 0.15) is 44.6 Å². The Hall–Kier alpha value is -1.36. The molecule has 1 saturated carbocycles. The highest BCUT2D eigenvalue weighted by Gasteiger charge is 2.24. The molecule has 0 radical (unpaired) electrons. The lowest BCUT2D eigenvalue weighted by Gasteiger charge is -2.30. The van der Waals surface area contributed by atoms with Crippen LogP contribution in [-0.2, 0) is 0 Å². The summed E-state index contributed by atoms with van der Waals surface area (Å²) in [6, 6.07) is 0. The van der Waals surface area contributed by atoms with Crippen LogP contribution in [-0.4, -0.2) is 34.8 Å². The first-order chi connectivity index (χ1) is 10.2. The lowest BCUT2D eigenvalue weighted by atomic mass is 9.79. The molecule has 2 rings (SSSR count). The quantitative estimate of drug-likeness (QED) is 0.721. The predicted octanol–water partition coefficient (Wildman–Crippen LogP) is 2.82. The lowest BCUT2D eigenvalue weighted by Crippen LogP contribution is -2.29. The molecule has 21 heavy (non-hydrogen) atoms. The molecule has 5 nitrogen and oxygen atoms in total. The Bertz CT molecular complexity index is 438. The van der Waals surface area contributed by atoms with Crippen LogP contribution in [0.2, 0.25) is 0 Å². The van der Waals surface area contributed by atoms with Crippen LogP contribution >= 0.6 is 0 Å². The van der Waals surface area contributed by atoms with Crippen LogP contribution in [0.4, 0.5) is 11.8 Å². The van der Waals surface area contributed by atoms with Gasteiger partial charge in [-0.2, -0.15) is 4.98 Å². The molecule has 0 aromatic carbocycles. The van der Waals surface area contributed by atoms with Crippen molar-refractivity contribution in [1.29, 1.82) is 0 Å². The molecule has 118 valence electrons. The summed E-state index contributed by atoms with van der Waals surface area (Å²) in [6.07, 6.45) is 7.78. The molecule has 0 spiro atoms. The maximum absolute atomic E-state index is 9.49. The molecular weight excluding hydrogens is 264 g/mol. The van der Waals surface area contributed by atoms with Crippen molar-refractivity contribution in [2.24, 2.45) is 11.8 Å². The van der Waals surface area contributed by atoms with Crippen LogP contribution in [0.5, 0.6) is 0 Å². The molecule has 1 aliphatic rings. The number of aromatic nitrogens is 2. The summed E-state index contributed by atoms with van der Waals surface area (Å²) in [5.41, 5.74) is 1.06. The Balaban J connectivity index is 1.94. The zero-order chi connectivity index (χ0) is 15.1. The summed E-state index contributed by atoms with van der Waals surface area (Å²) in [5, 5.41) is 16.2. The highest BCUT2D eigenvalue weighted by molar-refractivity contribution is 5.46. The number of anilines is 2. The van der Waals surface area contributed by atoms with Crippen molar-refractivity contribution < 1.29 is 5.11 Å². The largest absolute Gasteiger partial charge is 0.396 e. The SMILES string of the molecule is CCCNc1ncc(C)c(NCC2CCCCC2CO)n1. The second-order valence-electron chi connectivity index (χ2n) is 6.02. The minimum absolute atomic E-state index is 0.304. The smallest absolute Gasteiger partial charge is 0.224 e. The van der Waals surface area contributed by atoms with E-state index in [1.54, 1.807) is 0 Å². The van der Waals surface area contributed by atoms with E-state index in [1.165, 1.54) is 19.3 Å². The van der Waals surface area contributed by atoms with Gasteiger partial charge in [-0.05, 0) is 38.0 Å². The average Bonchev–Trinajstić information content (AvgIpc) is 2.53. The summed E-state index contributed by atoms with van der Waals surface area (Å²) in [6.45, 7) is 6.22. The van der Waals surface area contributed by atoms with Gasteiger partial charge in [-0.3, -0.25) is 0 Å². The summed E-state index contributed by atoms with van der Waals surface area (Å²) >= 11 is 0. The minimum Gasteiger partial charge on any atom is -0.396 e. The third kappa shape index (κ3) is 4.56. The van der Waals surface area contributed by atoms with E-state index in [1.807, 2.05) is 13.1 Å². The van der Waals surface area contributed by atoms with E-state index < -0.39 is 0 Å². The van der Waals surface area contributed by atoms with Gasteiger partial charge in [0.1, 0.15) is 5.82 Å². The molecule has 1 fully saturated rings. The molecule has 1 aliphatic carbocycles. The summed E-state index contributed by atoms with van der Waals surface area (Å²) in [5.74, 6) is 2.58. The van der Waals surface area contributed by atoms with Gasteiger partial charge in [-0.15, -0.1) is 0 Å². The average molecular weight is 292 g/mol. The molecule has 2 atom stereocenters. The van der Waals surface area contributed by atoms with E-state index in [4.69, 9.17) is 0 Å². The summed E-state index contributed by atoms with van der Waals surface area (Å²) in [4.78, 5) is 8.85. The van der Waals surface area contributed by atoms with Gasteiger partial charge < -0.3 is 15.7 Å². The molecule has 0 saturated heterocycles. The van der Waals surface area contributed by atoms with Gasteiger partial charge in [0.2, 0.25) is 5.95 Å². The van der Waals surface area contributed by atoms with Gasteiger partial charge in [0.25, 0.3) is 0 Å². The standard InChI is InChI=1S/C16H28N4O/c1-3-8-17-16-19-9-12(2)15(20-16)18-10-13-6-4-5-7-14(13)11-21/h9,13-14,21H,3-8,10-11H2,1-2H3,(H2,17,18,19,20). The van der Waals surface area contributed by atoms with Gasteiger partial charge in [0.15, 0.2) is 0 Å². The number of aliphatic hydroxyl groups is 1. The molecule has 0 aliphatic heterocycles. The van der Waals surface area contributed by atoms with Crippen molar-refractivity contribution in [1.82, 2.24) is 9.97 Å². The summed E-state index contributed by atoms with van der Waals surface area (Å²) < 4.78 is 0. The van der Waals surface area contributed by atoms with Crippen molar-refractivity contribution in [3.63, 3.8) is 0 Å². The third-order valence-electron chi connectivity index (χ3n) is 4.34. The summed E-state index contributed by atoms with van der Waals surface area (Å²) in [7, 11) is 0. The fraction of sp³-hybridized carbons (Fsp3) is 0.750. The van der Waals surface area contributed by atoms with Gasteiger partial charge in [0.05, 0.1) is 0 Å². The van der Waals surface area contributed by atoms with E-state index in [2.05, 4.69) is 27.5 Å². The Morgan fingerprint density at radius 2 is 2.00 bits per heavy atom. The van der Waals surface area contributed by atoms with Crippen molar-refractivity contribution in [2.75, 3.05) is 30.3 Å². The second-order valence-corrected chi connectivity index (χ2v) is 6.02. The molecule has 1 aromatic rings. The first kappa shape index (κ1) is 16.0. The number of nitrogens with one attached hydrogen (secondary N) is 2. The Labute approximate surface area is 127 Å². The van der Waals surface area contributed by atoms with E-state index in [-0.39, 0.29) is 0 Å². The zero-order valence-corrected chi connectivity index (χ0v) is 13.2. The Morgan fingerprint density at radius 1 is 1.24 bits per heavy atom. The maximum Gasteiger partial charge on any atom is 0.224 e. The maximum atomic E-state index is 9.49. The van der Waals surface area contributed by atoms with Crippen LogP contribution in [0.25, 0.3) is 0 Å². The van der Waals surface area contributed by atoms with Crippen LogP contribution < -0.4 is 10.6 Å². The third-order valence-corrected chi connectivity index (χ3v) is 4.34. The Morgan fingerprint density at radius 3 is 2.71 bits per heavy atom. The molecular formula is C16H28N4O. The number of hydrogen-bond donors (Lipinski definition) is 3. The number of rotatable bonds is 7.